The van der Waals surface area contributed by atoms with Crippen molar-refractivity contribution in [3.05, 3.63) is 78.9 Å². The third-order valence-corrected chi connectivity index (χ3v) is 2.62. The van der Waals surface area contributed by atoms with Gasteiger partial charge in [0.05, 0.1) is 0 Å². The first-order valence-corrected chi connectivity index (χ1v) is 6.49. The van der Waals surface area contributed by atoms with E-state index in [-0.39, 0.29) is 5.78 Å². The Kier molecular flexibility index (Phi) is 6.83. The maximum atomic E-state index is 11.0. The second-order valence-electron chi connectivity index (χ2n) is 4.30. The van der Waals surface area contributed by atoms with E-state index in [0.717, 1.165) is 16.9 Å². The van der Waals surface area contributed by atoms with Crippen LogP contribution < -0.4 is 4.74 Å². The zero-order chi connectivity index (χ0) is 14.8. The Labute approximate surface area is 120 Å². The molecule has 2 rings (SSSR count). The predicted octanol–water partition coefficient (Wildman–Crippen LogP) is 4.20. The molecule has 0 unspecified atom stereocenters. The number of carbonyl (C=O) groups excluding carboxylic acids is 1. The molecule has 104 valence electrons. The van der Waals surface area contributed by atoms with Gasteiger partial charge in [0.1, 0.15) is 18.1 Å². The Bertz CT molecular complexity index is 515. The van der Waals surface area contributed by atoms with E-state index >= 15 is 0 Å². The summed E-state index contributed by atoms with van der Waals surface area (Å²) in [5, 5.41) is 0. The van der Waals surface area contributed by atoms with Gasteiger partial charge in [-0.05, 0) is 30.2 Å². The van der Waals surface area contributed by atoms with Gasteiger partial charge in [-0.3, -0.25) is 4.79 Å². The molecule has 0 saturated heterocycles. The molecule has 2 aromatic carbocycles. The summed E-state index contributed by atoms with van der Waals surface area (Å²) in [6, 6.07) is 17.7. The van der Waals surface area contributed by atoms with Crippen LogP contribution in [0.15, 0.2) is 67.8 Å². The SMILES string of the molecule is C=C.CC(=O)Cc1ccc(OCc2ccccc2)cc1. The highest BCUT2D eigenvalue weighted by molar-refractivity contribution is 5.78. The maximum Gasteiger partial charge on any atom is 0.134 e. The molecule has 0 aliphatic rings. The first-order valence-electron chi connectivity index (χ1n) is 6.49. The van der Waals surface area contributed by atoms with Gasteiger partial charge < -0.3 is 4.74 Å². The minimum absolute atomic E-state index is 0.174. The maximum absolute atomic E-state index is 11.0. The third kappa shape index (κ3) is 5.53. The average Bonchev–Trinajstić information content (AvgIpc) is 2.49. The fourth-order valence-corrected chi connectivity index (χ4v) is 1.73. The summed E-state index contributed by atoms with van der Waals surface area (Å²) in [5.74, 6) is 0.999. The summed E-state index contributed by atoms with van der Waals surface area (Å²) in [4.78, 5) is 11.0. The Morgan fingerprint density at radius 3 is 2.10 bits per heavy atom. The van der Waals surface area contributed by atoms with Crippen LogP contribution in [-0.4, -0.2) is 5.78 Å². The van der Waals surface area contributed by atoms with Crippen molar-refractivity contribution >= 4 is 5.78 Å². The van der Waals surface area contributed by atoms with Crippen LogP contribution in [-0.2, 0) is 17.8 Å². The lowest BCUT2D eigenvalue weighted by Gasteiger charge is -2.06. The predicted molar refractivity (Wildman–Crippen MR) is 82.9 cm³/mol. The van der Waals surface area contributed by atoms with E-state index in [1.165, 1.54) is 0 Å². The Hall–Kier alpha value is -2.35. The first-order chi connectivity index (χ1) is 9.74. The molecule has 0 N–H and O–H groups in total. The lowest BCUT2D eigenvalue weighted by atomic mass is 10.1. The van der Waals surface area contributed by atoms with Crippen LogP contribution in [0.4, 0.5) is 0 Å². The van der Waals surface area contributed by atoms with E-state index in [1.54, 1.807) is 6.92 Å². The Morgan fingerprint density at radius 1 is 0.950 bits per heavy atom. The molecule has 0 heterocycles. The van der Waals surface area contributed by atoms with Crippen molar-refractivity contribution in [1.29, 1.82) is 0 Å². The molecular formula is C18H20O2. The zero-order valence-corrected chi connectivity index (χ0v) is 11.8. The van der Waals surface area contributed by atoms with E-state index in [0.29, 0.717) is 13.0 Å². The molecule has 0 radical (unpaired) electrons. The van der Waals surface area contributed by atoms with Crippen molar-refractivity contribution < 1.29 is 9.53 Å². The fraction of sp³-hybridized carbons (Fsp3) is 0.167. The van der Waals surface area contributed by atoms with Crippen molar-refractivity contribution in [2.24, 2.45) is 0 Å². The van der Waals surface area contributed by atoms with Crippen LogP contribution in [0.5, 0.6) is 5.75 Å². The number of rotatable bonds is 5. The Balaban J connectivity index is 0.000000956. The largest absolute Gasteiger partial charge is 0.489 e. The van der Waals surface area contributed by atoms with Crippen LogP contribution in [0.2, 0.25) is 0 Å². The van der Waals surface area contributed by atoms with Gasteiger partial charge in [0.2, 0.25) is 0 Å². The molecule has 0 atom stereocenters. The molecular weight excluding hydrogens is 248 g/mol. The monoisotopic (exact) mass is 268 g/mol. The minimum atomic E-state index is 0.174. The lowest BCUT2D eigenvalue weighted by Crippen LogP contribution is -1.97. The normalized spacial score (nSPS) is 9.25. The minimum Gasteiger partial charge on any atom is -0.489 e. The second kappa shape index (κ2) is 8.70. The zero-order valence-electron chi connectivity index (χ0n) is 11.8. The molecule has 2 nitrogen and oxygen atoms in total. The number of Topliss-reactive ketones (excluding diaryl/α,β-unsaturated/α-hetero) is 1. The smallest absolute Gasteiger partial charge is 0.134 e. The van der Waals surface area contributed by atoms with Gasteiger partial charge in [0.15, 0.2) is 0 Å². The summed E-state index contributed by atoms with van der Waals surface area (Å²) in [7, 11) is 0. The Morgan fingerprint density at radius 2 is 1.55 bits per heavy atom. The molecule has 0 bridgehead atoms. The average molecular weight is 268 g/mol. The van der Waals surface area contributed by atoms with Gasteiger partial charge >= 0.3 is 0 Å². The van der Waals surface area contributed by atoms with E-state index < -0.39 is 0 Å². The fourth-order valence-electron chi connectivity index (χ4n) is 1.73. The van der Waals surface area contributed by atoms with Gasteiger partial charge in [-0.1, -0.05) is 42.5 Å². The quantitative estimate of drug-likeness (QED) is 0.760. The van der Waals surface area contributed by atoms with Crippen LogP contribution in [0.25, 0.3) is 0 Å². The lowest BCUT2D eigenvalue weighted by molar-refractivity contribution is -0.116. The number of ether oxygens (including phenoxy) is 1. The molecule has 2 aromatic rings. The van der Waals surface area contributed by atoms with Crippen LogP contribution in [0.3, 0.4) is 0 Å². The van der Waals surface area contributed by atoms with Crippen molar-refractivity contribution in [3.8, 4) is 5.75 Å². The van der Waals surface area contributed by atoms with Crippen LogP contribution in [0.1, 0.15) is 18.1 Å². The molecule has 0 fully saturated rings. The summed E-state index contributed by atoms with van der Waals surface area (Å²) in [5.41, 5.74) is 2.17. The summed E-state index contributed by atoms with van der Waals surface area (Å²) < 4.78 is 5.67. The molecule has 0 aliphatic heterocycles. The van der Waals surface area contributed by atoms with Crippen LogP contribution in [0, 0.1) is 0 Å². The van der Waals surface area contributed by atoms with E-state index in [4.69, 9.17) is 4.74 Å². The van der Waals surface area contributed by atoms with E-state index in [2.05, 4.69) is 13.2 Å². The first kappa shape index (κ1) is 15.7. The van der Waals surface area contributed by atoms with Gasteiger partial charge in [-0.15, -0.1) is 13.2 Å². The highest BCUT2D eigenvalue weighted by Gasteiger charge is 1.99. The second-order valence-corrected chi connectivity index (χ2v) is 4.30. The molecule has 0 saturated carbocycles. The molecule has 0 aliphatic carbocycles. The van der Waals surface area contributed by atoms with Crippen molar-refractivity contribution in [2.45, 2.75) is 20.0 Å². The highest BCUT2D eigenvalue weighted by atomic mass is 16.5. The molecule has 0 aromatic heterocycles. The van der Waals surface area contributed by atoms with Gasteiger partial charge in [0, 0.05) is 6.42 Å². The summed E-state index contributed by atoms with van der Waals surface area (Å²) in [6.45, 7) is 8.16. The molecule has 0 amide bonds. The molecule has 2 heteroatoms. The van der Waals surface area contributed by atoms with Crippen molar-refractivity contribution in [2.75, 3.05) is 0 Å². The number of ketones is 1. The summed E-state index contributed by atoms with van der Waals surface area (Å²) >= 11 is 0. The van der Waals surface area contributed by atoms with E-state index in [1.807, 2.05) is 54.6 Å². The third-order valence-electron chi connectivity index (χ3n) is 2.62. The topological polar surface area (TPSA) is 26.3 Å². The van der Waals surface area contributed by atoms with Gasteiger partial charge in [-0.2, -0.15) is 0 Å². The van der Waals surface area contributed by atoms with Crippen molar-refractivity contribution in [3.63, 3.8) is 0 Å². The number of carbonyl (C=O) groups is 1. The highest BCUT2D eigenvalue weighted by Crippen LogP contribution is 2.14. The van der Waals surface area contributed by atoms with Gasteiger partial charge in [0.25, 0.3) is 0 Å². The van der Waals surface area contributed by atoms with E-state index in [9.17, 15) is 4.79 Å². The molecule has 20 heavy (non-hydrogen) atoms. The molecule has 0 spiro atoms. The van der Waals surface area contributed by atoms with Crippen molar-refractivity contribution in [1.82, 2.24) is 0 Å². The van der Waals surface area contributed by atoms with Gasteiger partial charge in [-0.25, -0.2) is 0 Å². The number of benzene rings is 2. The number of hydrogen-bond donors (Lipinski definition) is 0. The standard InChI is InChI=1S/C16H16O2.C2H4/c1-13(17)11-14-7-9-16(10-8-14)18-12-15-5-3-2-4-6-15;1-2/h2-10H,11-12H2,1H3;1-2H2. The summed E-state index contributed by atoms with van der Waals surface area (Å²) in [6.07, 6.45) is 0.485. The van der Waals surface area contributed by atoms with Crippen LogP contribution >= 0.6 is 0 Å². The number of hydrogen-bond acceptors (Lipinski definition) is 2.